The highest BCUT2D eigenvalue weighted by molar-refractivity contribution is 7.89. The number of nitrogens with one attached hydrogen (secondary N) is 1. The summed E-state index contributed by atoms with van der Waals surface area (Å²) in [6.45, 7) is 2.24. The number of methoxy groups -OCH3 is 1. The Morgan fingerprint density at radius 3 is 2.31 bits per heavy atom. The van der Waals surface area contributed by atoms with Crippen molar-refractivity contribution >= 4 is 22.0 Å². The topological polar surface area (TPSA) is 75.7 Å². The standard InChI is InChI=1S/C22H32N2O4S/c1-4-16-5-9-18(10-6-16)24(19-11-12-19)22(25)14-8-17-7-13-20(28-3)21(15-17)29(26,27)23-2/h7-8,13-16,18-19,23H,4-6,9-12H2,1-3H3/b14-8+. The molecular weight excluding hydrogens is 388 g/mol. The third-order valence-corrected chi connectivity index (χ3v) is 7.58. The summed E-state index contributed by atoms with van der Waals surface area (Å²) < 4.78 is 32.0. The molecule has 1 aromatic rings. The molecule has 1 N–H and O–H groups in total. The first kappa shape index (κ1) is 21.8. The summed E-state index contributed by atoms with van der Waals surface area (Å²) in [5, 5.41) is 0. The Bertz CT molecular complexity index is 854. The zero-order chi connectivity index (χ0) is 21.0. The van der Waals surface area contributed by atoms with E-state index in [4.69, 9.17) is 4.74 Å². The van der Waals surface area contributed by atoms with Gasteiger partial charge in [-0.25, -0.2) is 13.1 Å². The van der Waals surface area contributed by atoms with Crippen LogP contribution in [0.25, 0.3) is 6.08 Å². The van der Waals surface area contributed by atoms with Crippen molar-refractivity contribution in [3.63, 3.8) is 0 Å². The Morgan fingerprint density at radius 2 is 1.79 bits per heavy atom. The minimum atomic E-state index is -3.65. The van der Waals surface area contributed by atoms with E-state index in [1.54, 1.807) is 24.3 Å². The molecule has 0 aromatic heterocycles. The smallest absolute Gasteiger partial charge is 0.247 e. The summed E-state index contributed by atoms with van der Waals surface area (Å²) in [5.74, 6) is 1.10. The molecule has 0 atom stereocenters. The predicted octanol–water partition coefficient (Wildman–Crippen LogP) is 3.58. The Labute approximate surface area is 174 Å². The van der Waals surface area contributed by atoms with Crippen LogP contribution in [0.1, 0.15) is 57.4 Å². The normalized spacial score (nSPS) is 22.6. The summed E-state index contributed by atoms with van der Waals surface area (Å²) >= 11 is 0. The van der Waals surface area contributed by atoms with Gasteiger partial charge in [0.05, 0.1) is 7.11 Å². The summed E-state index contributed by atoms with van der Waals surface area (Å²) in [7, 11) is -0.854. The van der Waals surface area contributed by atoms with Crippen molar-refractivity contribution in [2.24, 2.45) is 5.92 Å². The van der Waals surface area contributed by atoms with E-state index in [0.29, 0.717) is 17.6 Å². The molecule has 0 heterocycles. The van der Waals surface area contributed by atoms with Crippen LogP contribution in [0.15, 0.2) is 29.2 Å². The van der Waals surface area contributed by atoms with Crippen LogP contribution >= 0.6 is 0 Å². The third-order valence-electron chi connectivity index (χ3n) is 6.15. The van der Waals surface area contributed by atoms with Crippen LogP contribution in [-0.4, -0.2) is 45.5 Å². The number of sulfonamides is 1. The fraction of sp³-hybridized carbons (Fsp3) is 0.591. The number of rotatable bonds is 8. The van der Waals surface area contributed by atoms with Gasteiger partial charge in [-0.05, 0) is 75.3 Å². The van der Waals surface area contributed by atoms with Gasteiger partial charge < -0.3 is 9.64 Å². The number of nitrogens with zero attached hydrogens (tertiary/aromatic N) is 1. The van der Waals surface area contributed by atoms with Crippen LogP contribution < -0.4 is 9.46 Å². The highest BCUT2D eigenvalue weighted by Crippen LogP contribution is 2.36. The van der Waals surface area contributed by atoms with Gasteiger partial charge in [0, 0.05) is 18.2 Å². The molecule has 0 saturated heterocycles. The number of hydrogen-bond donors (Lipinski definition) is 1. The number of ether oxygens (including phenoxy) is 1. The predicted molar refractivity (Wildman–Crippen MR) is 114 cm³/mol. The minimum absolute atomic E-state index is 0.0290. The van der Waals surface area contributed by atoms with E-state index in [0.717, 1.165) is 31.6 Å². The summed E-state index contributed by atoms with van der Waals surface area (Å²) in [6.07, 6.45) is 11.2. The number of benzene rings is 1. The summed E-state index contributed by atoms with van der Waals surface area (Å²) in [4.78, 5) is 15.1. The molecular formula is C22H32N2O4S. The molecule has 7 heteroatoms. The lowest BCUT2D eigenvalue weighted by molar-refractivity contribution is -0.129. The van der Waals surface area contributed by atoms with Gasteiger partial charge in [-0.15, -0.1) is 0 Å². The van der Waals surface area contributed by atoms with Gasteiger partial charge in [0.15, 0.2) is 0 Å². The quantitative estimate of drug-likeness (QED) is 0.652. The van der Waals surface area contributed by atoms with Crippen molar-refractivity contribution in [2.75, 3.05) is 14.2 Å². The molecule has 0 unspecified atom stereocenters. The second-order valence-corrected chi connectivity index (χ2v) is 9.87. The van der Waals surface area contributed by atoms with Crippen molar-refractivity contribution in [3.8, 4) is 5.75 Å². The SMILES string of the molecule is CCC1CCC(N(C(=O)/C=C/c2ccc(OC)c(S(=O)(=O)NC)c2)C2CC2)CC1. The maximum Gasteiger partial charge on any atom is 0.247 e. The molecule has 0 spiro atoms. The molecule has 1 amide bonds. The van der Waals surface area contributed by atoms with E-state index >= 15 is 0 Å². The fourth-order valence-corrected chi connectivity index (χ4v) is 5.14. The molecule has 3 rings (SSSR count). The van der Waals surface area contributed by atoms with Gasteiger partial charge in [-0.2, -0.15) is 0 Å². The molecule has 160 valence electrons. The Kier molecular flexibility index (Phi) is 7.01. The number of amides is 1. The van der Waals surface area contributed by atoms with Crippen LogP contribution in [0.3, 0.4) is 0 Å². The van der Waals surface area contributed by atoms with E-state index in [-0.39, 0.29) is 16.6 Å². The van der Waals surface area contributed by atoms with E-state index in [1.807, 2.05) is 0 Å². The Balaban J connectivity index is 1.76. The van der Waals surface area contributed by atoms with E-state index in [2.05, 4.69) is 16.5 Å². The first-order valence-electron chi connectivity index (χ1n) is 10.5. The number of carbonyl (C=O) groups is 1. The van der Waals surface area contributed by atoms with Gasteiger partial charge in [0.1, 0.15) is 10.6 Å². The third kappa shape index (κ3) is 5.20. The Hall–Kier alpha value is -1.86. The zero-order valence-corrected chi connectivity index (χ0v) is 18.4. The average Bonchev–Trinajstić information content (AvgIpc) is 3.57. The van der Waals surface area contributed by atoms with Crippen molar-refractivity contribution in [1.29, 1.82) is 0 Å². The van der Waals surface area contributed by atoms with Gasteiger partial charge >= 0.3 is 0 Å². The van der Waals surface area contributed by atoms with Crippen LogP contribution in [0.5, 0.6) is 5.75 Å². The molecule has 2 fully saturated rings. The molecule has 0 bridgehead atoms. The Morgan fingerprint density at radius 1 is 1.17 bits per heavy atom. The van der Waals surface area contributed by atoms with Gasteiger partial charge in [0.2, 0.25) is 15.9 Å². The zero-order valence-electron chi connectivity index (χ0n) is 17.6. The first-order chi connectivity index (χ1) is 13.9. The number of carbonyl (C=O) groups excluding carboxylic acids is 1. The molecule has 2 aliphatic carbocycles. The van der Waals surface area contributed by atoms with Gasteiger partial charge in [-0.1, -0.05) is 19.4 Å². The lowest BCUT2D eigenvalue weighted by Crippen LogP contribution is -2.43. The van der Waals surface area contributed by atoms with Crippen LogP contribution in [0.2, 0.25) is 0 Å². The van der Waals surface area contributed by atoms with Crippen molar-refractivity contribution in [2.45, 2.75) is 68.8 Å². The molecule has 0 aliphatic heterocycles. The largest absolute Gasteiger partial charge is 0.495 e. The van der Waals surface area contributed by atoms with Crippen molar-refractivity contribution in [3.05, 3.63) is 29.8 Å². The van der Waals surface area contributed by atoms with Crippen LogP contribution in [0.4, 0.5) is 0 Å². The summed E-state index contributed by atoms with van der Waals surface area (Å²) in [5.41, 5.74) is 0.651. The highest BCUT2D eigenvalue weighted by atomic mass is 32.2. The van der Waals surface area contributed by atoms with E-state index in [9.17, 15) is 13.2 Å². The number of hydrogen-bond acceptors (Lipinski definition) is 4. The molecule has 2 aliphatic rings. The van der Waals surface area contributed by atoms with Crippen molar-refractivity contribution in [1.82, 2.24) is 9.62 Å². The average molecular weight is 421 g/mol. The van der Waals surface area contributed by atoms with Crippen molar-refractivity contribution < 1.29 is 17.9 Å². The molecule has 1 aromatic carbocycles. The lowest BCUT2D eigenvalue weighted by Gasteiger charge is -2.36. The van der Waals surface area contributed by atoms with Gasteiger partial charge in [0.25, 0.3) is 0 Å². The minimum Gasteiger partial charge on any atom is -0.495 e. The maximum absolute atomic E-state index is 13.0. The summed E-state index contributed by atoms with van der Waals surface area (Å²) in [6, 6.07) is 5.59. The maximum atomic E-state index is 13.0. The molecule has 0 radical (unpaired) electrons. The molecule has 6 nitrogen and oxygen atoms in total. The van der Waals surface area contributed by atoms with E-state index < -0.39 is 10.0 Å². The second-order valence-electron chi connectivity index (χ2n) is 8.01. The van der Waals surface area contributed by atoms with E-state index in [1.165, 1.54) is 39.5 Å². The second kappa shape index (κ2) is 9.30. The van der Waals surface area contributed by atoms with Crippen LogP contribution in [0, 0.1) is 5.92 Å². The monoisotopic (exact) mass is 420 g/mol. The highest BCUT2D eigenvalue weighted by Gasteiger charge is 2.37. The first-order valence-corrected chi connectivity index (χ1v) is 12.0. The fourth-order valence-electron chi connectivity index (χ4n) is 4.21. The molecule has 2 saturated carbocycles. The van der Waals surface area contributed by atoms with Crippen LogP contribution in [-0.2, 0) is 14.8 Å². The van der Waals surface area contributed by atoms with Gasteiger partial charge in [-0.3, -0.25) is 4.79 Å². The molecule has 29 heavy (non-hydrogen) atoms. The lowest BCUT2D eigenvalue weighted by atomic mass is 9.84.